The molecular formula is C18H27NO6S. The zero-order valence-electron chi connectivity index (χ0n) is 15.1. The summed E-state index contributed by atoms with van der Waals surface area (Å²) in [5, 5.41) is 13.4. The molecule has 0 aromatic rings. The van der Waals surface area contributed by atoms with Crippen LogP contribution in [0.25, 0.3) is 0 Å². The first kappa shape index (κ1) is 18.2. The highest BCUT2D eigenvalue weighted by atomic mass is 32.2. The lowest BCUT2D eigenvalue weighted by Crippen LogP contribution is -2.58. The maximum atomic E-state index is 12.8. The topological polar surface area (TPSA) is 110 Å². The maximum absolute atomic E-state index is 12.8. The lowest BCUT2D eigenvalue weighted by atomic mass is 9.48. The van der Waals surface area contributed by atoms with Crippen molar-refractivity contribution in [2.45, 2.75) is 63.0 Å². The van der Waals surface area contributed by atoms with Gasteiger partial charge in [-0.15, -0.1) is 0 Å². The van der Waals surface area contributed by atoms with Crippen molar-refractivity contribution in [3.8, 4) is 0 Å². The van der Waals surface area contributed by atoms with E-state index in [1.807, 2.05) is 0 Å². The van der Waals surface area contributed by atoms with Crippen LogP contribution in [-0.2, 0) is 24.2 Å². The number of hydrogen-bond donors (Lipinski definition) is 2. The number of carbonyl (C=O) groups is 2. The van der Waals surface area contributed by atoms with Gasteiger partial charge in [0.1, 0.15) is 0 Å². The summed E-state index contributed by atoms with van der Waals surface area (Å²) in [6.45, 7) is 1.30. The molecule has 4 aliphatic carbocycles. The van der Waals surface area contributed by atoms with Gasteiger partial charge in [0.05, 0.1) is 28.1 Å². The molecule has 0 aromatic heterocycles. The molecule has 7 nitrogen and oxygen atoms in total. The molecule has 1 amide bonds. The number of amides is 1. The molecule has 4 saturated carbocycles. The van der Waals surface area contributed by atoms with Crippen molar-refractivity contribution in [1.29, 1.82) is 0 Å². The summed E-state index contributed by atoms with van der Waals surface area (Å²) in [7, 11) is -3.12. The van der Waals surface area contributed by atoms with Gasteiger partial charge in [-0.25, -0.2) is 8.42 Å². The number of esters is 1. The average Bonchev–Trinajstić information content (AvgIpc) is 2.75. The van der Waals surface area contributed by atoms with E-state index in [2.05, 4.69) is 5.32 Å². The third-order valence-corrected chi connectivity index (χ3v) is 8.65. The van der Waals surface area contributed by atoms with E-state index in [1.54, 1.807) is 6.92 Å². The molecular weight excluding hydrogens is 358 g/mol. The normalized spacial score (nSPS) is 45.5. The molecule has 26 heavy (non-hydrogen) atoms. The molecule has 5 atom stereocenters. The Kier molecular flexibility index (Phi) is 3.98. The summed E-state index contributed by atoms with van der Waals surface area (Å²) in [5.41, 5.74) is -2.20. The second-order valence-corrected chi connectivity index (χ2v) is 11.7. The monoisotopic (exact) mass is 385 g/mol. The van der Waals surface area contributed by atoms with E-state index in [9.17, 15) is 23.1 Å². The third-order valence-electron chi connectivity index (χ3n) is 6.74. The number of rotatable bonds is 4. The van der Waals surface area contributed by atoms with Gasteiger partial charge in [0, 0.05) is 0 Å². The van der Waals surface area contributed by atoms with Crippen LogP contribution in [-0.4, -0.2) is 54.7 Å². The predicted octanol–water partition coefficient (Wildman–Crippen LogP) is 0.554. The fraction of sp³-hybridized carbons (Fsp3) is 0.889. The molecule has 2 N–H and O–H groups in total. The van der Waals surface area contributed by atoms with E-state index < -0.39 is 38.9 Å². The number of carbonyl (C=O) groups excluding carboxylic acids is 2. The first-order chi connectivity index (χ1) is 12.0. The lowest BCUT2D eigenvalue weighted by Gasteiger charge is -2.58. The van der Waals surface area contributed by atoms with Crippen LogP contribution in [0, 0.1) is 17.3 Å². The standard InChI is InChI=1S/C18H27NO6S/c1-16(2-3-26(23,24)11-16)19-14(20)9-25-15(21)17-5-12-4-13(6-17)8-18(22,7-12)10-17/h12-13,22H,2-11H2,1H3,(H,19,20)/t12-,13+,16-,17?,18?/m0/s1. The highest BCUT2D eigenvalue weighted by molar-refractivity contribution is 7.91. The lowest BCUT2D eigenvalue weighted by molar-refractivity contribution is -0.196. The van der Waals surface area contributed by atoms with E-state index in [0.29, 0.717) is 24.7 Å². The summed E-state index contributed by atoms with van der Waals surface area (Å²) < 4.78 is 28.6. The number of nitrogens with one attached hydrogen (secondary N) is 1. The van der Waals surface area contributed by atoms with Crippen LogP contribution in [0.4, 0.5) is 0 Å². The SMILES string of the molecule is C[C@]1(NC(=O)COC(=O)C23C[C@@H]4C[C@@H](CC(O)(C4)C2)C3)CCS(=O)(=O)C1. The summed E-state index contributed by atoms with van der Waals surface area (Å²) in [4.78, 5) is 24.9. The Morgan fingerprint density at radius 1 is 1.19 bits per heavy atom. The van der Waals surface area contributed by atoms with Gasteiger partial charge in [-0.3, -0.25) is 9.59 Å². The predicted molar refractivity (Wildman–Crippen MR) is 92.8 cm³/mol. The Labute approximate surface area is 153 Å². The van der Waals surface area contributed by atoms with Gasteiger partial charge in [-0.2, -0.15) is 0 Å². The van der Waals surface area contributed by atoms with Crippen molar-refractivity contribution in [1.82, 2.24) is 5.32 Å². The third kappa shape index (κ3) is 3.26. The highest BCUT2D eigenvalue weighted by Crippen LogP contribution is 2.61. The van der Waals surface area contributed by atoms with Crippen molar-refractivity contribution in [3.63, 3.8) is 0 Å². The quantitative estimate of drug-likeness (QED) is 0.684. The van der Waals surface area contributed by atoms with Crippen molar-refractivity contribution in [2.24, 2.45) is 17.3 Å². The highest BCUT2D eigenvalue weighted by Gasteiger charge is 2.61. The zero-order chi connectivity index (χ0) is 18.8. The van der Waals surface area contributed by atoms with Gasteiger partial charge < -0.3 is 15.2 Å². The fourth-order valence-electron chi connectivity index (χ4n) is 6.22. The van der Waals surface area contributed by atoms with E-state index in [4.69, 9.17) is 4.74 Å². The molecule has 146 valence electrons. The largest absolute Gasteiger partial charge is 0.455 e. The minimum Gasteiger partial charge on any atom is -0.455 e. The van der Waals surface area contributed by atoms with Crippen LogP contribution in [0.2, 0.25) is 0 Å². The second-order valence-electron chi connectivity index (χ2n) is 9.49. The number of hydrogen-bond acceptors (Lipinski definition) is 6. The van der Waals surface area contributed by atoms with E-state index in [0.717, 1.165) is 32.1 Å². The summed E-state index contributed by atoms with van der Waals surface area (Å²) in [6, 6.07) is 0. The minimum atomic E-state index is -3.12. The van der Waals surface area contributed by atoms with Gasteiger partial charge in [0.25, 0.3) is 5.91 Å². The van der Waals surface area contributed by atoms with Crippen molar-refractivity contribution in [3.05, 3.63) is 0 Å². The Morgan fingerprint density at radius 2 is 1.85 bits per heavy atom. The molecule has 0 radical (unpaired) electrons. The maximum Gasteiger partial charge on any atom is 0.312 e. The van der Waals surface area contributed by atoms with Crippen LogP contribution in [0.15, 0.2) is 0 Å². The number of ether oxygens (including phenoxy) is 1. The van der Waals surface area contributed by atoms with Crippen molar-refractivity contribution in [2.75, 3.05) is 18.1 Å². The molecule has 1 heterocycles. The second kappa shape index (κ2) is 5.67. The van der Waals surface area contributed by atoms with Crippen molar-refractivity contribution >= 4 is 21.7 Å². The molecule has 1 saturated heterocycles. The molecule has 5 fully saturated rings. The average molecular weight is 385 g/mol. The van der Waals surface area contributed by atoms with Gasteiger partial charge in [-0.05, 0) is 63.7 Å². The van der Waals surface area contributed by atoms with Crippen LogP contribution in [0.5, 0.6) is 0 Å². The number of aliphatic hydroxyl groups is 1. The van der Waals surface area contributed by atoms with E-state index in [-0.39, 0.29) is 17.5 Å². The fourth-order valence-corrected chi connectivity index (χ4v) is 8.31. The Balaban J connectivity index is 1.35. The van der Waals surface area contributed by atoms with Gasteiger partial charge in [0.2, 0.25) is 0 Å². The zero-order valence-corrected chi connectivity index (χ0v) is 15.9. The Morgan fingerprint density at radius 3 is 2.38 bits per heavy atom. The Hall–Kier alpha value is -1.15. The molecule has 5 aliphatic rings. The van der Waals surface area contributed by atoms with Crippen LogP contribution in [0.3, 0.4) is 0 Å². The first-order valence-electron chi connectivity index (χ1n) is 9.42. The van der Waals surface area contributed by atoms with Crippen molar-refractivity contribution < 1.29 is 27.9 Å². The van der Waals surface area contributed by atoms with Crippen LogP contribution in [0.1, 0.15) is 51.9 Å². The van der Waals surface area contributed by atoms with Gasteiger partial charge in [0.15, 0.2) is 16.4 Å². The molecule has 4 bridgehead atoms. The molecule has 0 aromatic carbocycles. The summed E-state index contributed by atoms with van der Waals surface area (Å²) >= 11 is 0. The molecule has 1 aliphatic heterocycles. The van der Waals surface area contributed by atoms with Gasteiger partial charge in [-0.1, -0.05) is 0 Å². The first-order valence-corrected chi connectivity index (χ1v) is 11.2. The van der Waals surface area contributed by atoms with Gasteiger partial charge >= 0.3 is 5.97 Å². The van der Waals surface area contributed by atoms with E-state index in [1.165, 1.54) is 0 Å². The minimum absolute atomic E-state index is 0.0635. The Bertz CT molecular complexity index is 733. The summed E-state index contributed by atoms with van der Waals surface area (Å²) in [5.74, 6) is -0.144. The van der Waals surface area contributed by atoms with Crippen LogP contribution >= 0.6 is 0 Å². The molecule has 5 rings (SSSR count). The molecule has 0 spiro atoms. The smallest absolute Gasteiger partial charge is 0.312 e. The molecule has 2 unspecified atom stereocenters. The van der Waals surface area contributed by atoms with E-state index >= 15 is 0 Å². The molecule has 8 heteroatoms. The van der Waals surface area contributed by atoms with Crippen LogP contribution < -0.4 is 5.32 Å². The summed E-state index contributed by atoms with van der Waals surface area (Å²) in [6.07, 6.45) is 4.89. The number of sulfone groups is 1.